The second-order valence-corrected chi connectivity index (χ2v) is 4.33. The minimum absolute atomic E-state index is 0.250. The number of thiol groups is 1. The van der Waals surface area contributed by atoms with Crippen LogP contribution in [0.5, 0.6) is 0 Å². The predicted octanol–water partition coefficient (Wildman–Crippen LogP) is 2.47. The Morgan fingerprint density at radius 3 is 2.86 bits per heavy atom. The lowest BCUT2D eigenvalue weighted by Gasteiger charge is -1.97. The first kappa shape index (κ1) is 9.36. The fraction of sp³-hybridized carbons (Fsp3) is 0. The van der Waals surface area contributed by atoms with E-state index in [4.69, 9.17) is 10.8 Å². The Morgan fingerprint density at radius 2 is 2.21 bits per heavy atom. The van der Waals surface area contributed by atoms with E-state index in [1.165, 1.54) is 11.3 Å². The van der Waals surface area contributed by atoms with Gasteiger partial charge >= 0.3 is 5.97 Å². The van der Waals surface area contributed by atoms with Crippen LogP contribution in [0.3, 0.4) is 0 Å². The molecular formula is C9H7NO2S2. The number of hydrogen-bond donors (Lipinski definition) is 3. The smallest absolute Gasteiger partial charge is 0.336 e. The number of rotatable bonds is 1. The fourth-order valence-electron chi connectivity index (χ4n) is 1.33. The highest BCUT2D eigenvalue weighted by Crippen LogP contribution is 2.37. The third-order valence-electron chi connectivity index (χ3n) is 1.95. The number of carbonyl (C=O) groups is 1. The zero-order valence-electron chi connectivity index (χ0n) is 7.02. The number of carboxylic acid groups (broad SMARTS) is 1. The molecule has 2 rings (SSSR count). The molecule has 0 amide bonds. The minimum atomic E-state index is -0.955. The summed E-state index contributed by atoms with van der Waals surface area (Å²) < 4.78 is 0.854. The minimum Gasteiger partial charge on any atom is -0.478 e. The second kappa shape index (κ2) is 3.18. The summed E-state index contributed by atoms with van der Waals surface area (Å²) in [6.07, 6.45) is 0. The van der Waals surface area contributed by atoms with Gasteiger partial charge in [-0.3, -0.25) is 0 Å². The average molecular weight is 225 g/mol. The summed E-state index contributed by atoms with van der Waals surface area (Å²) in [5.74, 6) is -0.955. The zero-order chi connectivity index (χ0) is 10.3. The van der Waals surface area contributed by atoms with Crippen molar-refractivity contribution in [3.05, 3.63) is 23.8 Å². The zero-order valence-corrected chi connectivity index (χ0v) is 8.73. The maximum atomic E-state index is 10.9. The Bertz CT molecular complexity index is 519. The van der Waals surface area contributed by atoms with E-state index in [9.17, 15) is 4.79 Å². The van der Waals surface area contributed by atoms with Crippen LogP contribution in [0.2, 0.25) is 0 Å². The highest BCUT2D eigenvalue weighted by molar-refractivity contribution is 7.81. The number of anilines is 1. The molecule has 1 heterocycles. The molecule has 2 aromatic rings. The van der Waals surface area contributed by atoms with Gasteiger partial charge in [0, 0.05) is 15.0 Å². The van der Waals surface area contributed by atoms with Crippen molar-refractivity contribution in [1.82, 2.24) is 0 Å². The first-order valence-corrected chi connectivity index (χ1v) is 5.11. The van der Waals surface area contributed by atoms with Gasteiger partial charge in [0.05, 0.1) is 5.56 Å². The van der Waals surface area contributed by atoms with E-state index >= 15 is 0 Å². The maximum Gasteiger partial charge on any atom is 0.336 e. The second-order valence-electron chi connectivity index (χ2n) is 2.80. The van der Waals surface area contributed by atoms with Gasteiger partial charge in [-0.1, -0.05) is 6.07 Å². The van der Waals surface area contributed by atoms with E-state index in [-0.39, 0.29) is 5.56 Å². The molecule has 0 radical (unpaired) electrons. The first-order valence-electron chi connectivity index (χ1n) is 3.84. The fourth-order valence-corrected chi connectivity index (χ4v) is 2.68. The lowest BCUT2D eigenvalue weighted by molar-refractivity contribution is 0.0699. The molecule has 14 heavy (non-hydrogen) atoms. The van der Waals surface area contributed by atoms with Gasteiger partial charge in [0.25, 0.3) is 0 Å². The Morgan fingerprint density at radius 1 is 1.50 bits per heavy atom. The molecule has 0 aliphatic carbocycles. The van der Waals surface area contributed by atoms with Crippen molar-refractivity contribution >= 4 is 45.0 Å². The van der Waals surface area contributed by atoms with Crippen molar-refractivity contribution in [2.45, 2.75) is 4.90 Å². The Kier molecular flexibility index (Phi) is 2.13. The van der Waals surface area contributed by atoms with Gasteiger partial charge < -0.3 is 10.8 Å². The van der Waals surface area contributed by atoms with Crippen LogP contribution >= 0.6 is 24.0 Å². The van der Waals surface area contributed by atoms with Crippen molar-refractivity contribution in [2.75, 3.05) is 5.73 Å². The highest BCUT2D eigenvalue weighted by Gasteiger charge is 2.14. The molecule has 0 unspecified atom stereocenters. The van der Waals surface area contributed by atoms with E-state index < -0.39 is 5.97 Å². The number of carboxylic acids is 1. The van der Waals surface area contributed by atoms with Crippen LogP contribution in [0.1, 0.15) is 10.4 Å². The monoisotopic (exact) mass is 225 g/mol. The van der Waals surface area contributed by atoms with Crippen LogP contribution in [0.25, 0.3) is 10.1 Å². The molecule has 0 aliphatic heterocycles. The lowest BCUT2D eigenvalue weighted by Crippen LogP contribution is -1.96. The van der Waals surface area contributed by atoms with Crippen LogP contribution < -0.4 is 5.73 Å². The molecule has 5 heteroatoms. The van der Waals surface area contributed by atoms with E-state index in [1.54, 1.807) is 12.1 Å². The SMILES string of the molecule is Nc1sc2cccc(C(=O)O)c2c1S. The van der Waals surface area contributed by atoms with Crippen molar-refractivity contribution in [1.29, 1.82) is 0 Å². The molecule has 0 saturated heterocycles. The summed E-state index contributed by atoms with van der Waals surface area (Å²) >= 11 is 5.55. The van der Waals surface area contributed by atoms with Crippen LogP contribution in [0, 0.1) is 0 Å². The number of thiophene rings is 1. The van der Waals surface area contributed by atoms with Gasteiger partial charge in [-0.15, -0.1) is 24.0 Å². The van der Waals surface area contributed by atoms with E-state index in [1.807, 2.05) is 6.07 Å². The van der Waals surface area contributed by atoms with E-state index in [2.05, 4.69) is 12.6 Å². The van der Waals surface area contributed by atoms with Crippen molar-refractivity contribution in [2.24, 2.45) is 0 Å². The number of aromatic carboxylic acids is 1. The average Bonchev–Trinajstić information content (AvgIpc) is 2.43. The molecule has 0 saturated carbocycles. The first-order chi connectivity index (χ1) is 6.61. The highest BCUT2D eigenvalue weighted by atomic mass is 32.1. The van der Waals surface area contributed by atoms with Crippen LogP contribution in [-0.4, -0.2) is 11.1 Å². The third kappa shape index (κ3) is 1.25. The number of fused-ring (bicyclic) bond motifs is 1. The summed E-state index contributed by atoms with van der Waals surface area (Å²) in [6, 6.07) is 5.09. The Labute approximate surface area is 89.6 Å². The predicted molar refractivity (Wildman–Crippen MR) is 60.4 cm³/mol. The molecule has 0 atom stereocenters. The summed E-state index contributed by atoms with van der Waals surface area (Å²) in [5.41, 5.74) is 5.92. The largest absolute Gasteiger partial charge is 0.478 e. The van der Waals surface area contributed by atoms with Gasteiger partial charge in [-0.25, -0.2) is 4.79 Å². The topological polar surface area (TPSA) is 63.3 Å². The number of benzene rings is 1. The van der Waals surface area contributed by atoms with Gasteiger partial charge in [0.15, 0.2) is 0 Å². The van der Waals surface area contributed by atoms with Gasteiger partial charge in [-0.2, -0.15) is 0 Å². The quantitative estimate of drug-likeness (QED) is 0.653. The Hall–Kier alpha value is -1.20. The summed E-state index contributed by atoms with van der Waals surface area (Å²) in [5, 5.41) is 10.1. The molecule has 0 fully saturated rings. The molecule has 1 aromatic heterocycles. The maximum absolute atomic E-state index is 10.9. The van der Waals surface area contributed by atoms with Crippen molar-refractivity contribution in [3.63, 3.8) is 0 Å². The molecular weight excluding hydrogens is 218 g/mol. The third-order valence-corrected chi connectivity index (χ3v) is 3.55. The van der Waals surface area contributed by atoms with E-state index in [0.29, 0.717) is 15.3 Å². The normalized spacial score (nSPS) is 10.6. The van der Waals surface area contributed by atoms with Gasteiger partial charge in [-0.05, 0) is 12.1 Å². The van der Waals surface area contributed by atoms with Crippen LogP contribution in [-0.2, 0) is 0 Å². The number of nitrogen functional groups attached to an aromatic ring is 1. The molecule has 1 aromatic carbocycles. The molecule has 3 N–H and O–H groups in total. The van der Waals surface area contributed by atoms with Gasteiger partial charge in [0.1, 0.15) is 5.00 Å². The standard InChI is InChI=1S/C9H7NO2S2/c10-8-7(13)6-4(9(11)12)2-1-3-5(6)14-8/h1-3,13H,10H2,(H,11,12). The number of nitrogens with two attached hydrogens (primary N) is 1. The van der Waals surface area contributed by atoms with Crippen molar-refractivity contribution < 1.29 is 9.90 Å². The molecule has 3 nitrogen and oxygen atoms in total. The molecule has 0 aliphatic rings. The van der Waals surface area contributed by atoms with Gasteiger partial charge in [0.2, 0.25) is 0 Å². The summed E-state index contributed by atoms with van der Waals surface area (Å²) in [4.78, 5) is 11.5. The van der Waals surface area contributed by atoms with Crippen molar-refractivity contribution in [3.8, 4) is 0 Å². The number of hydrogen-bond acceptors (Lipinski definition) is 4. The molecule has 0 spiro atoms. The summed E-state index contributed by atoms with van der Waals surface area (Å²) in [7, 11) is 0. The van der Waals surface area contributed by atoms with Crippen LogP contribution in [0.4, 0.5) is 5.00 Å². The lowest BCUT2D eigenvalue weighted by atomic mass is 10.1. The van der Waals surface area contributed by atoms with Crippen LogP contribution in [0.15, 0.2) is 23.1 Å². The summed E-state index contributed by atoms with van der Waals surface area (Å²) in [6.45, 7) is 0. The Balaban J connectivity index is 2.91. The molecule has 0 bridgehead atoms. The molecule has 72 valence electrons. The van der Waals surface area contributed by atoms with E-state index in [0.717, 1.165) is 4.70 Å².